The molecule has 1 aromatic carbocycles. The first-order valence-electron chi connectivity index (χ1n) is 7.26. The molecule has 3 rings (SSSR count). The fraction of sp³-hybridized carbons (Fsp3) is 0.118. The number of nitrogens with zero attached hydrogens (tertiary/aromatic N) is 3. The number of carbonyl (C=O) groups is 1. The number of para-hydroxylation sites is 1. The third kappa shape index (κ3) is 3.10. The first-order valence-corrected chi connectivity index (χ1v) is 7.26. The van der Waals surface area contributed by atoms with Gasteiger partial charge in [0.05, 0.1) is 28.8 Å². The molecular weight excluding hydrogens is 333 g/mol. The largest absolute Gasteiger partial charge is 0.418 e. The molecule has 0 spiro atoms. The summed E-state index contributed by atoms with van der Waals surface area (Å²) in [5.74, 6) is -0.409. The number of aryl methyl sites for hydroxylation is 1. The predicted octanol–water partition coefficient (Wildman–Crippen LogP) is 3.87. The molecule has 25 heavy (non-hydrogen) atoms. The first-order chi connectivity index (χ1) is 11.8. The fourth-order valence-corrected chi connectivity index (χ4v) is 2.47. The second kappa shape index (κ2) is 6.04. The maximum atomic E-state index is 13.3. The fourth-order valence-electron chi connectivity index (χ4n) is 2.47. The van der Waals surface area contributed by atoms with Gasteiger partial charge in [0.2, 0.25) is 5.91 Å². The zero-order valence-electron chi connectivity index (χ0n) is 13.1. The number of rotatable bonds is 3. The zero-order chi connectivity index (χ0) is 18.2. The van der Waals surface area contributed by atoms with Crippen molar-refractivity contribution in [2.24, 2.45) is 0 Å². The van der Waals surface area contributed by atoms with E-state index in [4.69, 9.17) is 0 Å². The Morgan fingerprint density at radius 2 is 2.04 bits per heavy atom. The van der Waals surface area contributed by atoms with E-state index in [1.165, 1.54) is 24.4 Å². The lowest BCUT2D eigenvalue weighted by molar-refractivity contribution is -0.137. The molecule has 128 valence electrons. The molecule has 0 saturated heterocycles. The van der Waals surface area contributed by atoms with Crippen molar-refractivity contribution in [3.63, 3.8) is 0 Å². The number of anilines is 1. The van der Waals surface area contributed by atoms with Crippen LogP contribution in [0.3, 0.4) is 0 Å². The van der Waals surface area contributed by atoms with E-state index in [0.29, 0.717) is 16.8 Å². The maximum absolute atomic E-state index is 13.3. The molecular formula is C17H13F3N4O. The van der Waals surface area contributed by atoms with Crippen molar-refractivity contribution >= 4 is 22.6 Å². The number of pyridine rings is 1. The minimum atomic E-state index is -4.51. The van der Waals surface area contributed by atoms with Gasteiger partial charge in [-0.2, -0.15) is 18.3 Å². The Morgan fingerprint density at radius 3 is 2.72 bits per heavy atom. The molecule has 0 bridgehead atoms. The Morgan fingerprint density at radius 1 is 1.32 bits per heavy atom. The van der Waals surface area contributed by atoms with Gasteiger partial charge in [-0.25, -0.2) is 9.67 Å². The van der Waals surface area contributed by atoms with Gasteiger partial charge in [-0.1, -0.05) is 18.7 Å². The van der Waals surface area contributed by atoms with Crippen LogP contribution in [-0.2, 0) is 11.0 Å². The number of aromatic nitrogens is 3. The van der Waals surface area contributed by atoms with Crippen molar-refractivity contribution < 1.29 is 18.0 Å². The van der Waals surface area contributed by atoms with E-state index >= 15 is 0 Å². The lowest BCUT2D eigenvalue weighted by atomic mass is 10.1. The molecule has 1 amide bonds. The summed E-state index contributed by atoms with van der Waals surface area (Å²) in [5, 5.41) is 7.30. The second-order valence-electron chi connectivity index (χ2n) is 5.30. The number of fused-ring (bicyclic) bond motifs is 1. The summed E-state index contributed by atoms with van der Waals surface area (Å²) < 4.78 is 41.0. The summed E-state index contributed by atoms with van der Waals surface area (Å²) in [6, 6.07) is 6.77. The van der Waals surface area contributed by atoms with Crippen molar-refractivity contribution in [3.05, 3.63) is 60.4 Å². The highest BCUT2D eigenvalue weighted by atomic mass is 19.4. The van der Waals surface area contributed by atoms with Crippen molar-refractivity contribution in [1.82, 2.24) is 14.8 Å². The normalized spacial score (nSPS) is 11.5. The van der Waals surface area contributed by atoms with Crippen molar-refractivity contribution in [2.75, 3.05) is 5.32 Å². The second-order valence-corrected chi connectivity index (χ2v) is 5.30. The third-order valence-electron chi connectivity index (χ3n) is 3.60. The minimum absolute atomic E-state index is 0.108. The monoisotopic (exact) mass is 346 g/mol. The number of hydrogen-bond donors (Lipinski definition) is 1. The van der Waals surface area contributed by atoms with E-state index in [1.54, 1.807) is 13.0 Å². The molecule has 0 aliphatic carbocycles. The van der Waals surface area contributed by atoms with Crippen LogP contribution in [-0.4, -0.2) is 20.7 Å². The predicted molar refractivity (Wildman–Crippen MR) is 87.4 cm³/mol. The maximum Gasteiger partial charge on any atom is 0.418 e. The van der Waals surface area contributed by atoms with Gasteiger partial charge in [0, 0.05) is 5.39 Å². The topological polar surface area (TPSA) is 59.8 Å². The lowest BCUT2D eigenvalue weighted by Crippen LogP contribution is -2.12. The first kappa shape index (κ1) is 16.7. The average Bonchev–Trinajstić information content (AvgIpc) is 2.90. The average molecular weight is 346 g/mol. The molecule has 2 heterocycles. The highest BCUT2D eigenvalue weighted by molar-refractivity contribution is 6.00. The van der Waals surface area contributed by atoms with E-state index in [2.05, 4.69) is 22.0 Å². The Hall–Kier alpha value is -3.16. The van der Waals surface area contributed by atoms with Crippen LogP contribution in [0.2, 0.25) is 0 Å². The summed E-state index contributed by atoms with van der Waals surface area (Å²) in [4.78, 5) is 15.6. The number of benzene rings is 1. The quantitative estimate of drug-likeness (QED) is 0.733. The van der Waals surface area contributed by atoms with Crippen LogP contribution in [0.4, 0.5) is 18.9 Å². The Kier molecular flexibility index (Phi) is 4.03. The standard InChI is InChI=1S/C17H13F3N4O/c1-3-15(25)22-11-8-12-10(2)23-24(16(12)21-9-11)14-7-5-4-6-13(14)17(18,19)20/h3-9H,1H2,2H3,(H,22,25). The van der Waals surface area contributed by atoms with Gasteiger partial charge < -0.3 is 5.32 Å². The van der Waals surface area contributed by atoms with Crippen LogP contribution in [0.15, 0.2) is 49.2 Å². The van der Waals surface area contributed by atoms with Crippen LogP contribution < -0.4 is 5.32 Å². The number of amides is 1. The number of alkyl halides is 3. The SMILES string of the molecule is C=CC(=O)Nc1cnc2c(c1)c(C)nn2-c1ccccc1C(F)(F)F. The van der Waals surface area contributed by atoms with E-state index < -0.39 is 17.6 Å². The molecule has 0 aliphatic rings. The molecule has 8 heteroatoms. The highest BCUT2D eigenvalue weighted by Crippen LogP contribution is 2.35. The highest BCUT2D eigenvalue weighted by Gasteiger charge is 2.34. The van der Waals surface area contributed by atoms with Crippen LogP contribution in [0.25, 0.3) is 16.7 Å². The smallest absolute Gasteiger partial charge is 0.321 e. The van der Waals surface area contributed by atoms with Crippen LogP contribution in [0.5, 0.6) is 0 Å². The molecule has 5 nitrogen and oxygen atoms in total. The Balaban J connectivity index is 2.17. The number of carbonyl (C=O) groups excluding carboxylic acids is 1. The van der Waals surface area contributed by atoms with Gasteiger partial charge in [-0.05, 0) is 31.2 Å². The van der Waals surface area contributed by atoms with Crippen molar-refractivity contribution in [2.45, 2.75) is 13.1 Å². The molecule has 0 atom stereocenters. The van der Waals surface area contributed by atoms with E-state index in [9.17, 15) is 18.0 Å². The van der Waals surface area contributed by atoms with Crippen LogP contribution in [0.1, 0.15) is 11.3 Å². The Bertz CT molecular complexity index is 976. The summed E-state index contributed by atoms with van der Waals surface area (Å²) in [6.07, 6.45) is -2.04. The molecule has 3 aromatic rings. The molecule has 0 radical (unpaired) electrons. The summed E-state index contributed by atoms with van der Waals surface area (Å²) in [6.45, 7) is 5.02. The zero-order valence-corrected chi connectivity index (χ0v) is 13.1. The Labute approximate surface area is 140 Å². The van der Waals surface area contributed by atoms with Gasteiger partial charge in [-0.15, -0.1) is 0 Å². The van der Waals surface area contributed by atoms with Gasteiger partial charge in [0.25, 0.3) is 0 Å². The molecule has 2 aromatic heterocycles. The van der Waals surface area contributed by atoms with E-state index in [-0.39, 0.29) is 11.3 Å². The molecule has 0 fully saturated rings. The number of nitrogens with one attached hydrogen (secondary N) is 1. The van der Waals surface area contributed by atoms with Crippen LogP contribution >= 0.6 is 0 Å². The van der Waals surface area contributed by atoms with Gasteiger partial charge in [0.15, 0.2) is 5.65 Å². The number of halogens is 3. The van der Waals surface area contributed by atoms with E-state index in [0.717, 1.165) is 16.8 Å². The van der Waals surface area contributed by atoms with Gasteiger partial charge in [0.1, 0.15) is 0 Å². The van der Waals surface area contributed by atoms with Crippen LogP contribution in [0, 0.1) is 6.92 Å². The molecule has 0 unspecified atom stereocenters. The molecule has 0 saturated carbocycles. The lowest BCUT2D eigenvalue weighted by Gasteiger charge is -2.12. The van der Waals surface area contributed by atoms with E-state index in [1.807, 2.05) is 0 Å². The summed E-state index contributed by atoms with van der Waals surface area (Å²) in [7, 11) is 0. The summed E-state index contributed by atoms with van der Waals surface area (Å²) >= 11 is 0. The van der Waals surface area contributed by atoms with Crippen molar-refractivity contribution in [1.29, 1.82) is 0 Å². The minimum Gasteiger partial charge on any atom is -0.321 e. The third-order valence-corrected chi connectivity index (χ3v) is 3.60. The number of hydrogen-bond acceptors (Lipinski definition) is 3. The van der Waals surface area contributed by atoms with Gasteiger partial charge >= 0.3 is 6.18 Å². The van der Waals surface area contributed by atoms with Crippen molar-refractivity contribution in [3.8, 4) is 5.69 Å². The molecule has 1 N–H and O–H groups in total. The summed E-state index contributed by atoms with van der Waals surface area (Å²) in [5.41, 5.74) is 0.262. The van der Waals surface area contributed by atoms with Gasteiger partial charge in [-0.3, -0.25) is 4.79 Å². The molecule has 0 aliphatic heterocycles.